The van der Waals surface area contributed by atoms with Crippen LogP contribution in [0.4, 0.5) is 8.78 Å². The normalized spacial score (nSPS) is 16.1. The molecule has 2 aromatic carbocycles. The van der Waals surface area contributed by atoms with Gasteiger partial charge in [-0.3, -0.25) is 4.90 Å². The van der Waals surface area contributed by atoms with E-state index in [4.69, 9.17) is 5.11 Å². The highest BCUT2D eigenvalue weighted by Gasteiger charge is 2.18. The van der Waals surface area contributed by atoms with Gasteiger partial charge in [0, 0.05) is 38.6 Å². The summed E-state index contributed by atoms with van der Waals surface area (Å²) >= 11 is 0. The van der Waals surface area contributed by atoms with Crippen LogP contribution in [0.2, 0.25) is 0 Å². The quantitative estimate of drug-likeness (QED) is 0.766. The molecular formula is C22H28F2N2O. The van der Waals surface area contributed by atoms with E-state index in [-0.39, 0.29) is 24.2 Å². The van der Waals surface area contributed by atoms with E-state index in [9.17, 15) is 8.78 Å². The second-order valence-corrected chi connectivity index (χ2v) is 7.20. The van der Waals surface area contributed by atoms with Gasteiger partial charge in [-0.25, -0.2) is 8.78 Å². The fourth-order valence-electron chi connectivity index (χ4n) is 3.81. The predicted octanol–water partition coefficient (Wildman–Crippen LogP) is 3.49. The molecule has 5 heteroatoms. The molecule has 0 atom stereocenters. The highest BCUT2D eigenvalue weighted by atomic mass is 19.1. The lowest BCUT2D eigenvalue weighted by Gasteiger charge is -2.34. The first-order chi connectivity index (χ1) is 13.2. The summed E-state index contributed by atoms with van der Waals surface area (Å²) in [7, 11) is 0. The molecule has 3 rings (SSSR count). The largest absolute Gasteiger partial charge is 0.395 e. The fourth-order valence-corrected chi connectivity index (χ4v) is 3.81. The Morgan fingerprint density at radius 3 is 1.63 bits per heavy atom. The second kappa shape index (κ2) is 9.93. The number of nitrogens with zero attached hydrogens (tertiary/aromatic N) is 2. The average Bonchev–Trinajstić information content (AvgIpc) is 2.69. The molecule has 1 aliphatic heterocycles. The zero-order chi connectivity index (χ0) is 19.1. The molecule has 0 bridgehead atoms. The zero-order valence-corrected chi connectivity index (χ0v) is 15.7. The van der Waals surface area contributed by atoms with Crippen molar-refractivity contribution in [2.45, 2.75) is 18.8 Å². The van der Waals surface area contributed by atoms with E-state index in [2.05, 4.69) is 9.80 Å². The number of aliphatic hydroxyl groups is 1. The summed E-state index contributed by atoms with van der Waals surface area (Å²) in [5.74, 6) is -0.336. The summed E-state index contributed by atoms with van der Waals surface area (Å²) in [4.78, 5) is 4.75. The predicted molar refractivity (Wildman–Crippen MR) is 104 cm³/mol. The van der Waals surface area contributed by atoms with E-state index in [0.717, 1.165) is 63.2 Å². The van der Waals surface area contributed by atoms with Crippen molar-refractivity contribution in [2.75, 3.05) is 45.9 Å². The molecular weight excluding hydrogens is 346 g/mol. The Morgan fingerprint density at radius 2 is 1.19 bits per heavy atom. The molecule has 3 nitrogen and oxygen atoms in total. The third kappa shape index (κ3) is 5.83. The maximum Gasteiger partial charge on any atom is 0.123 e. The smallest absolute Gasteiger partial charge is 0.123 e. The number of β-amino-alcohol motifs (C(OH)–C–C–N with tert-alkyl or cyclic N) is 1. The van der Waals surface area contributed by atoms with Gasteiger partial charge in [-0.05, 0) is 54.8 Å². The van der Waals surface area contributed by atoms with E-state index in [1.807, 2.05) is 24.3 Å². The van der Waals surface area contributed by atoms with Crippen LogP contribution in [0, 0.1) is 11.6 Å². The minimum absolute atomic E-state index is 0.141. The minimum atomic E-state index is -0.239. The van der Waals surface area contributed by atoms with Gasteiger partial charge in [-0.15, -0.1) is 0 Å². The van der Waals surface area contributed by atoms with E-state index in [1.54, 1.807) is 0 Å². The van der Waals surface area contributed by atoms with Crippen LogP contribution >= 0.6 is 0 Å². The minimum Gasteiger partial charge on any atom is -0.395 e. The SMILES string of the molecule is OCCN1CCN(CCCC(c2ccc(F)cc2)c2ccc(F)cc2)CC1. The number of piperazine rings is 1. The standard InChI is InChI=1S/C22H28F2N2O/c23-20-7-3-18(4-8-20)22(19-5-9-21(24)10-6-19)2-1-11-25-12-14-26(15-13-25)16-17-27/h3-10,22,27H,1-2,11-17H2. The molecule has 0 unspecified atom stereocenters. The Labute approximate surface area is 160 Å². The van der Waals surface area contributed by atoms with Gasteiger partial charge in [-0.2, -0.15) is 0 Å². The van der Waals surface area contributed by atoms with E-state index in [1.165, 1.54) is 24.3 Å². The monoisotopic (exact) mass is 374 g/mol. The van der Waals surface area contributed by atoms with Crippen molar-refractivity contribution in [3.8, 4) is 0 Å². The number of halogens is 2. The Kier molecular flexibility index (Phi) is 7.33. The van der Waals surface area contributed by atoms with Crippen molar-refractivity contribution < 1.29 is 13.9 Å². The van der Waals surface area contributed by atoms with Gasteiger partial charge in [0.1, 0.15) is 11.6 Å². The van der Waals surface area contributed by atoms with Gasteiger partial charge in [0.05, 0.1) is 6.61 Å². The molecule has 1 heterocycles. The maximum absolute atomic E-state index is 13.3. The topological polar surface area (TPSA) is 26.7 Å². The van der Waals surface area contributed by atoms with Crippen molar-refractivity contribution in [3.05, 3.63) is 71.3 Å². The van der Waals surface area contributed by atoms with Crippen molar-refractivity contribution in [1.29, 1.82) is 0 Å². The molecule has 0 amide bonds. The maximum atomic E-state index is 13.3. The van der Waals surface area contributed by atoms with Crippen LogP contribution in [0.1, 0.15) is 29.9 Å². The van der Waals surface area contributed by atoms with Crippen molar-refractivity contribution in [3.63, 3.8) is 0 Å². The van der Waals surface area contributed by atoms with Crippen molar-refractivity contribution in [2.24, 2.45) is 0 Å². The van der Waals surface area contributed by atoms with Gasteiger partial charge in [0.2, 0.25) is 0 Å². The van der Waals surface area contributed by atoms with Crippen molar-refractivity contribution in [1.82, 2.24) is 9.80 Å². The highest BCUT2D eigenvalue weighted by Crippen LogP contribution is 2.29. The van der Waals surface area contributed by atoms with E-state index < -0.39 is 0 Å². The zero-order valence-electron chi connectivity index (χ0n) is 15.7. The molecule has 0 aliphatic carbocycles. The van der Waals surface area contributed by atoms with Crippen LogP contribution < -0.4 is 0 Å². The Bertz CT molecular complexity index is 637. The first-order valence-electron chi connectivity index (χ1n) is 9.72. The van der Waals surface area contributed by atoms with Crippen molar-refractivity contribution >= 4 is 0 Å². The second-order valence-electron chi connectivity index (χ2n) is 7.20. The van der Waals surface area contributed by atoms with Crippen LogP contribution in [0.3, 0.4) is 0 Å². The van der Waals surface area contributed by atoms with E-state index in [0.29, 0.717) is 0 Å². The van der Waals surface area contributed by atoms with Gasteiger partial charge in [-0.1, -0.05) is 24.3 Å². The van der Waals surface area contributed by atoms with Gasteiger partial charge >= 0.3 is 0 Å². The molecule has 0 radical (unpaired) electrons. The number of hydrogen-bond donors (Lipinski definition) is 1. The Hall–Kier alpha value is -1.82. The van der Waals surface area contributed by atoms with Gasteiger partial charge in [0.25, 0.3) is 0 Å². The summed E-state index contributed by atoms with van der Waals surface area (Å²) in [6.07, 6.45) is 1.97. The lowest BCUT2D eigenvalue weighted by molar-refractivity contribution is 0.111. The van der Waals surface area contributed by atoms with Gasteiger partial charge in [0.15, 0.2) is 0 Å². The lowest BCUT2D eigenvalue weighted by atomic mass is 9.87. The van der Waals surface area contributed by atoms with Crippen LogP contribution in [-0.2, 0) is 0 Å². The van der Waals surface area contributed by atoms with Gasteiger partial charge < -0.3 is 10.0 Å². The molecule has 1 fully saturated rings. The number of aliphatic hydroxyl groups excluding tert-OH is 1. The number of benzene rings is 2. The average molecular weight is 374 g/mol. The Balaban J connectivity index is 1.59. The third-order valence-corrected chi connectivity index (χ3v) is 5.39. The number of hydrogen-bond acceptors (Lipinski definition) is 3. The van der Waals surface area contributed by atoms with Crippen LogP contribution in [0.25, 0.3) is 0 Å². The molecule has 27 heavy (non-hydrogen) atoms. The number of rotatable bonds is 8. The molecule has 1 N–H and O–H groups in total. The van der Waals surface area contributed by atoms with Crippen LogP contribution in [0.15, 0.2) is 48.5 Å². The highest BCUT2D eigenvalue weighted by molar-refractivity contribution is 5.32. The first-order valence-corrected chi connectivity index (χ1v) is 9.72. The fraction of sp³-hybridized carbons (Fsp3) is 0.455. The van der Waals surface area contributed by atoms with Crippen LogP contribution in [0.5, 0.6) is 0 Å². The first kappa shape index (κ1) is 19.9. The third-order valence-electron chi connectivity index (χ3n) is 5.39. The summed E-state index contributed by atoms with van der Waals surface area (Å²) in [6.45, 7) is 6.04. The molecule has 0 saturated carbocycles. The molecule has 1 aliphatic rings. The molecule has 0 aromatic heterocycles. The molecule has 1 saturated heterocycles. The summed E-state index contributed by atoms with van der Waals surface area (Å²) in [5.41, 5.74) is 2.13. The van der Waals surface area contributed by atoms with Crippen LogP contribution in [-0.4, -0.2) is 60.8 Å². The van der Waals surface area contributed by atoms with E-state index >= 15 is 0 Å². The summed E-state index contributed by atoms with van der Waals surface area (Å²) < 4.78 is 26.6. The Morgan fingerprint density at radius 1 is 0.741 bits per heavy atom. The molecule has 146 valence electrons. The lowest BCUT2D eigenvalue weighted by Crippen LogP contribution is -2.47. The summed E-state index contributed by atoms with van der Waals surface area (Å²) in [6, 6.07) is 13.3. The molecule has 0 spiro atoms. The molecule has 2 aromatic rings. The summed E-state index contributed by atoms with van der Waals surface area (Å²) in [5, 5.41) is 9.04.